The number of nitrogens with zero attached hydrogens (tertiary/aromatic N) is 3. The number of hydrogen-bond acceptors (Lipinski definition) is 3. The Bertz CT molecular complexity index is 211. The van der Waals surface area contributed by atoms with E-state index in [1.54, 1.807) is 19.5 Å². The van der Waals surface area contributed by atoms with Crippen LogP contribution in [0.5, 0.6) is 0 Å². The Hall–Kier alpha value is -1.25. The molecule has 0 radical (unpaired) electrons. The molecule has 0 aromatic carbocycles. The number of hydrogen-bond donors (Lipinski definition) is 0. The van der Waals surface area contributed by atoms with Crippen molar-refractivity contribution in [2.24, 2.45) is 15.0 Å². The highest BCUT2D eigenvalue weighted by molar-refractivity contribution is 6.03. The van der Waals surface area contributed by atoms with Crippen LogP contribution < -0.4 is 0 Å². The molecule has 0 unspecified atom stereocenters. The van der Waals surface area contributed by atoms with Gasteiger partial charge in [0.05, 0.1) is 6.54 Å². The molecule has 0 bridgehead atoms. The van der Waals surface area contributed by atoms with E-state index < -0.39 is 0 Å². The third kappa shape index (κ3) is 1.93. The van der Waals surface area contributed by atoms with Crippen LogP contribution in [-0.2, 0) is 0 Å². The van der Waals surface area contributed by atoms with Gasteiger partial charge in [-0.05, 0) is 12.2 Å². The van der Waals surface area contributed by atoms with E-state index in [4.69, 9.17) is 0 Å². The van der Waals surface area contributed by atoms with E-state index in [2.05, 4.69) is 15.0 Å². The first-order valence-corrected chi connectivity index (χ1v) is 3.09. The molecule has 52 valence electrons. The summed E-state index contributed by atoms with van der Waals surface area (Å²) in [5.41, 5.74) is 0. The van der Waals surface area contributed by atoms with E-state index in [0.717, 1.165) is 5.84 Å². The number of rotatable bonds is 2. The van der Waals surface area contributed by atoms with Crippen LogP contribution in [0, 0.1) is 0 Å². The van der Waals surface area contributed by atoms with Crippen molar-refractivity contribution in [1.29, 1.82) is 0 Å². The molecule has 1 rings (SSSR count). The molecule has 0 N–H and O–H groups in total. The number of aliphatic imine (C=N–C) groups is 3. The minimum atomic E-state index is 0.711. The van der Waals surface area contributed by atoms with E-state index in [1.165, 1.54) is 0 Å². The molecular weight excluding hydrogens is 126 g/mol. The lowest BCUT2D eigenvalue weighted by Crippen LogP contribution is -1.81. The molecule has 0 saturated heterocycles. The second kappa shape index (κ2) is 3.71. The van der Waals surface area contributed by atoms with Crippen LogP contribution in [0.25, 0.3) is 0 Å². The molecule has 0 amide bonds. The maximum absolute atomic E-state index is 4.05. The maximum Gasteiger partial charge on any atom is 0.147 e. The molecular formula is C7H9N3. The monoisotopic (exact) mass is 135 g/mol. The molecule has 10 heavy (non-hydrogen) atoms. The molecule has 0 atom stereocenters. The van der Waals surface area contributed by atoms with E-state index in [1.807, 2.05) is 12.2 Å². The lowest BCUT2D eigenvalue weighted by molar-refractivity contribution is 1.36. The lowest BCUT2D eigenvalue weighted by atomic mass is 10.5. The molecule has 1 aliphatic heterocycles. The summed E-state index contributed by atoms with van der Waals surface area (Å²) in [4.78, 5) is 11.8. The van der Waals surface area contributed by atoms with Crippen molar-refractivity contribution in [2.75, 3.05) is 13.6 Å². The highest BCUT2D eigenvalue weighted by Crippen LogP contribution is 1.89. The second-order valence-corrected chi connectivity index (χ2v) is 1.78. The summed E-state index contributed by atoms with van der Waals surface area (Å²) in [7, 11) is 1.73. The molecule has 0 fully saturated rings. The van der Waals surface area contributed by atoms with Gasteiger partial charge in [0.15, 0.2) is 0 Å². The van der Waals surface area contributed by atoms with Crippen LogP contribution in [0.4, 0.5) is 0 Å². The van der Waals surface area contributed by atoms with Crippen LogP contribution in [0.3, 0.4) is 0 Å². The lowest BCUT2D eigenvalue weighted by Gasteiger charge is -1.79. The standard InChI is InChI=1S/C7H9N3/c1-8-4-2-3-7-9-5-6-10-7/h2-5H,6H2,1H3/b3-2-,8-4-. The van der Waals surface area contributed by atoms with Gasteiger partial charge in [0, 0.05) is 19.5 Å². The van der Waals surface area contributed by atoms with Gasteiger partial charge in [0.1, 0.15) is 5.84 Å². The topological polar surface area (TPSA) is 37.1 Å². The molecule has 0 aliphatic carbocycles. The smallest absolute Gasteiger partial charge is 0.147 e. The number of amidine groups is 1. The second-order valence-electron chi connectivity index (χ2n) is 1.78. The van der Waals surface area contributed by atoms with Crippen LogP contribution in [0.2, 0.25) is 0 Å². The van der Waals surface area contributed by atoms with Gasteiger partial charge in [-0.15, -0.1) is 0 Å². The van der Waals surface area contributed by atoms with Crippen LogP contribution >= 0.6 is 0 Å². The van der Waals surface area contributed by atoms with Gasteiger partial charge < -0.3 is 0 Å². The van der Waals surface area contributed by atoms with Crippen LogP contribution in [0.1, 0.15) is 0 Å². The zero-order valence-corrected chi connectivity index (χ0v) is 5.86. The van der Waals surface area contributed by atoms with Gasteiger partial charge in [-0.3, -0.25) is 9.98 Å². The first-order chi connectivity index (χ1) is 4.93. The van der Waals surface area contributed by atoms with Gasteiger partial charge in [0.2, 0.25) is 0 Å². The van der Waals surface area contributed by atoms with Crippen molar-refractivity contribution in [3.05, 3.63) is 12.2 Å². The Kier molecular flexibility index (Phi) is 2.55. The molecule has 0 saturated carbocycles. The maximum atomic E-state index is 4.05. The summed E-state index contributed by atoms with van der Waals surface area (Å²) in [5, 5.41) is 0. The normalized spacial score (nSPS) is 17.5. The van der Waals surface area contributed by atoms with E-state index >= 15 is 0 Å². The molecule has 0 aromatic rings. The van der Waals surface area contributed by atoms with Gasteiger partial charge in [-0.1, -0.05) is 0 Å². The van der Waals surface area contributed by atoms with Crippen LogP contribution in [0.15, 0.2) is 27.1 Å². The SMILES string of the molecule is C/N=C\C=C/C1=NCC=N1. The zero-order chi connectivity index (χ0) is 7.23. The Morgan fingerprint density at radius 3 is 3.20 bits per heavy atom. The van der Waals surface area contributed by atoms with Crippen molar-refractivity contribution >= 4 is 18.3 Å². The number of allylic oxidation sites excluding steroid dienone is 1. The summed E-state index contributed by atoms with van der Waals surface area (Å²) < 4.78 is 0. The summed E-state index contributed by atoms with van der Waals surface area (Å²) in [5.74, 6) is 0.778. The Morgan fingerprint density at radius 2 is 2.60 bits per heavy atom. The third-order valence-electron chi connectivity index (χ3n) is 1.04. The summed E-state index contributed by atoms with van der Waals surface area (Å²) in [6.45, 7) is 0.711. The molecule has 0 spiro atoms. The molecule has 3 nitrogen and oxygen atoms in total. The predicted octanol–water partition coefficient (Wildman–Crippen LogP) is 0.726. The highest BCUT2D eigenvalue weighted by atomic mass is 15.0. The minimum Gasteiger partial charge on any atom is -0.297 e. The summed E-state index contributed by atoms with van der Waals surface area (Å²) in [6.07, 6.45) is 7.14. The third-order valence-corrected chi connectivity index (χ3v) is 1.04. The Morgan fingerprint density at radius 1 is 1.70 bits per heavy atom. The fourth-order valence-corrected chi connectivity index (χ4v) is 0.620. The van der Waals surface area contributed by atoms with Crippen molar-refractivity contribution in [1.82, 2.24) is 0 Å². The molecule has 1 aliphatic rings. The van der Waals surface area contributed by atoms with E-state index in [0.29, 0.717) is 6.54 Å². The molecule has 3 heteroatoms. The first-order valence-electron chi connectivity index (χ1n) is 3.09. The minimum absolute atomic E-state index is 0.711. The Balaban J connectivity index is 2.44. The first kappa shape index (κ1) is 6.86. The average Bonchev–Trinajstić information content (AvgIpc) is 2.41. The fraction of sp³-hybridized carbons (Fsp3) is 0.286. The van der Waals surface area contributed by atoms with Crippen molar-refractivity contribution in [3.8, 4) is 0 Å². The van der Waals surface area contributed by atoms with Crippen molar-refractivity contribution in [3.63, 3.8) is 0 Å². The fourth-order valence-electron chi connectivity index (χ4n) is 0.620. The van der Waals surface area contributed by atoms with Crippen molar-refractivity contribution < 1.29 is 0 Å². The predicted molar refractivity (Wildman–Crippen MR) is 44.4 cm³/mol. The van der Waals surface area contributed by atoms with Gasteiger partial charge in [-0.2, -0.15) is 0 Å². The van der Waals surface area contributed by atoms with E-state index in [-0.39, 0.29) is 0 Å². The summed E-state index contributed by atoms with van der Waals surface area (Å²) in [6, 6.07) is 0. The van der Waals surface area contributed by atoms with Crippen LogP contribution in [-0.4, -0.2) is 31.9 Å². The van der Waals surface area contributed by atoms with Gasteiger partial charge >= 0.3 is 0 Å². The van der Waals surface area contributed by atoms with Gasteiger partial charge in [0.25, 0.3) is 0 Å². The quantitative estimate of drug-likeness (QED) is 0.500. The van der Waals surface area contributed by atoms with Gasteiger partial charge in [-0.25, -0.2) is 4.99 Å². The average molecular weight is 135 g/mol. The molecule has 0 aromatic heterocycles. The zero-order valence-electron chi connectivity index (χ0n) is 5.86. The highest BCUT2D eigenvalue weighted by Gasteiger charge is 1.92. The Labute approximate surface area is 59.9 Å². The summed E-state index contributed by atoms with van der Waals surface area (Å²) >= 11 is 0. The van der Waals surface area contributed by atoms with E-state index in [9.17, 15) is 0 Å². The molecule has 1 heterocycles. The van der Waals surface area contributed by atoms with Crippen molar-refractivity contribution in [2.45, 2.75) is 0 Å². The largest absolute Gasteiger partial charge is 0.297 e.